The SMILES string of the molecule is c1cnnc(N2CCC(NCc3ccc4sccc4c3)CC2)c1. The number of nitrogens with one attached hydrogen (secondary N) is 1. The molecule has 4 rings (SSSR count). The zero-order valence-electron chi connectivity index (χ0n) is 13.0. The van der Waals surface area contributed by atoms with Gasteiger partial charge in [-0.3, -0.25) is 0 Å². The van der Waals surface area contributed by atoms with Gasteiger partial charge in [-0.1, -0.05) is 6.07 Å². The summed E-state index contributed by atoms with van der Waals surface area (Å²) in [5.41, 5.74) is 1.37. The zero-order chi connectivity index (χ0) is 15.5. The average Bonchev–Trinajstić information content (AvgIpc) is 3.09. The van der Waals surface area contributed by atoms with Crippen molar-refractivity contribution in [3.8, 4) is 0 Å². The van der Waals surface area contributed by atoms with Gasteiger partial charge in [-0.15, -0.1) is 16.4 Å². The number of hydrogen-bond acceptors (Lipinski definition) is 5. The van der Waals surface area contributed by atoms with E-state index < -0.39 is 0 Å². The first kappa shape index (κ1) is 14.6. The van der Waals surface area contributed by atoms with Crippen LogP contribution in [0.25, 0.3) is 10.1 Å². The van der Waals surface area contributed by atoms with E-state index in [1.165, 1.54) is 15.6 Å². The van der Waals surface area contributed by atoms with Crippen molar-refractivity contribution in [1.29, 1.82) is 0 Å². The predicted octanol–water partition coefficient (Wildman–Crippen LogP) is 3.45. The highest BCUT2D eigenvalue weighted by molar-refractivity contribution is 7.17. The highest BCUT2D eigenvalue weighted by Gasteiger charge is 2.19. The molecule has 4 nitrogen and oxygen atoms in total. The molecule has 0 radical (unpaired) electrons. The van der Waals surface area contributed by atoms with Crippen LogP contribution in [0.15, 0.2) is 48.0 Å². The molecule has 23 heavy (non-hydrogen) atoms. The van der Waals surface area contributed by atoms with Crippen LogP contribution in [0, 0.1) is 0 Å². The molecule has 0 spiro atoms. The molecular formula is C18H20N4S. The number of piperidine rings is 1. The van der Waals surface area contributed by atoms with Gasteiger partial charge >= 0.3 is 0 Å². The van der Waals surface area contributed by atoms with Crippen LogP contribution in [0.4, 0.5) is 5.82 Å². The first-order valence-electron chi connectivity index (χ1n) is 8.11. The van der Waals surface area contributed by atoms with Crippen LogP contribution in [0.1, 0.15) is 18.4 Å². The molecule has 1 aromatic carbocycles. The number of aromatic nitrogens is 2. The van der Waals surface area contributed by atoms with Crippen LogP contribution in [-0.2, 0) is 6.54 Å². The molecule has 0 saturated carbocycles. The van der Waals surface area contributed by atoms with E-state index in [0.717, 1.165) is 38.3 Å². The summed E-state index contributed by atoms with van der Waals surface area (Å²) in [6, 6.07) is 13.5. The Morgan fingerprint density at radius 1 is 1.17 bits per heavy atom. The summed E-state index contributed by atoms with van der Waals surface area (Å²) in [5, 5.41) is 15.4. The largest absolute Gasteiger partial charge is 0.355 e. The molecular weight excluding hydrogens is 304 g/mol. The Labute approximate surface area is 140 Å². The van der Waals surface area contributed by atoms with Crippen molar-refractivity contribution < 1.29 is 0 Å². The molecule has 0 atom stereocenters. The number of hydrogen-bond donors (Lipinski definition) is 1. The Kier molecular flexibility index (Phi) is 4.22. The third-order valence-electron chi connectivity index (χ3n) is 4.49. The Morgan fingerprint density at radius 3 is 2.91 bits per heavy atom. The normalized spacial score (nSPS) is 16.1. The molecule has 1 saturated heterocycles. The average molecular weight is 324 g/mol. The summed E-state index contributed by atoms with van der Waals surface area (Å²) in [5.74, 6) is 0.994. The predicted molar refractivity (Wildman–Crippen MR) is 95.9 cm³/mol. The molecule has 0 amide bonds. The standard InChI is InChI=1S/C18H20N4S/c1-2-18(21-20-8-1)22-9-5-16(6-10-22)19-13-14-3-4-17-15(12-14)7-11-23-17/h1-4,7-8,11-12,16,19H,5-6,9-10,13H2. The minimum absolute atomic E-state index is 0.584. The van der Waals surface area contributed by atoms with Gasteiger partial charge in [0.05, 0.1) is 0 Å². The van der Waals surface area contributed by atoms with Gasteiger partial charge in [0.15, 0.2) is 5.82 Å². The van der Waals surface area contributed by atoms with Gasteiger partial charge < -0.3 is 10.2 Å². The number of fused-ring (bicyclic) bond motifs is 1. The van der Waals surface area contributed by atoms with Gasteiger partial charge in [0, 0.05) is 36.6 Å². The fourth-order valence-electron chi connectivity index (χ4n) is 3.16. The van der Waals surface area contributed by atoms with Crippen LogP contribution in [-0.4, -0.2) is 29.3 Å². The molecule has 0 bridgehead atoms. The second kappa shape index (κ2) is 6.64. The maximum absolute atomic E-state index is 4.20. The zero-order valence-corrected chi connectivity index (χ0v) is 13.8. The number of nitrogens with zero attached hydrogens (tertiary/aromatic N) is 3. The van der Waals surface area contributed by atoms with Crippen LogP contribution in [0.3, 0.4) is 0 Å². The van der Waals surface area contributed by atoms with Crippen LogP contribution >= 0.6 is 11.3 Å². The Hall–Kier alpha value is -1.98. The fraction of sp³-hybridized carbons (Fsp3) is 0.333. The van der Waals surface area contributed by atoms with Crippen molar-refractivity contribution in [2.75, 3.05) is 18.0 Å². The maximum Gasteiger partial charge on any atom is 0.151 e. The molecule has 118 valence electrons. The van der Waals surface area contributed by atoms with Gasteiger partial charge in [-0.2, -0.15) is 5.10 Å². The molecule has 3 heterocycles. The van der Waals surface area contributed by atoms with Gasteiger partial charge in [-0.25, -0.2) is 0 Å². The fourth-order valence-corrected chi connectivity index (χ4v) is 3.93. The van der Waals surface area contributed by atoms with E-state index in [1.807, 2.05) is 12.1 Å². The quantitative estimate of drug-likeness (QED) is 0.798. The Balaban J connectivity index is 1.31. The lowest BCUT2D eigenvalue weighted by Crippen LogP contribution is -2.42. The molecule has 5 heteroatoms. The lowest BCUT2D eigenvalue weighted by molar-refractivity contribution is 0.412. The Bertz CT molecular complexity index is 763. The van der Waals surface area contributed by atoms with Crippen LogP contribution in [0.2, 0.25) is 0 Å². The van der Waals surface area contributed by atoms with E-state index in [2.05, 4.69) is 50.1 Å². The molecule has 0 aliphatic carbocycles. The second-order valence-electron chi connectivity index (χ2n) is 6.02. The molecule has 1 aliphatic heterocycles. The molecule has 1 aliphatic rings. The van der Waals surface area contributed by atoms with E-state index in [4.69, 9.17) is 0 Å². The number of anilines is 1. The maximum atomic E-state index is 4.20. The summed E-state index contributed by atoms with van der Waals surface area (Å²) in [6.07, 6.45) is 4.02. The third kappa shape index (κ3) is 3.35. The minimum atomic E-state index is 0.584. The van der Waals surface area contributed by atoms with E-state index in [0.29, 0.717) is 6.04 Å². The van der Waals surface area contributed by atoms with Gasteiger partial charge in [0.2, 0.25) is 0 Å². The number of thiophene rings is 1. The smallest absolute Gasteiger partial charge is 0.151 e. The molecule has 3 aromatic rings. The van der Waals surface area contributed by atoms with Gasteiger partial charge in [0.25, 0.3) is 0 Å². The van der Waals surface area contributed by atoms with Gasteiger partial charge in [-0.05, 0) is 59.5 Å². The third-order valence-corrected chi connectivity index (χ3v) is 5.39. The summed E-state index contributed by atoms with van der Waals surface area (Å²) in [6.45, 7) is 3.03. The van der Waals surface area contributed by atoms with Gasteiger partial charge in [0.1, 0.15) is 0 Å². The lowest BCUT2D eigenvalue weighted by atomic mass is 10.0. The van der Waals surface area contributed by atoms with Crippen molar-refractivity contribution in [1.82, 2.24) is 15.5 Å². The molecule has 2 aromatic heterocycles. The van der Waals surface area contributed by atoms with Crippen molar-refractivity contribution in [3.05, 3.63) is 53.5 Å². The van der Waals surface area contributed by atoms with E-state index in [9.17, 15) is 0 Å². The van der Waals surface area contributed by atoms with Crippen molar-refractivity contribution in [3.63, 3.8) is 0 Å². The van der Waals surface area contributed by atoms with Crippen molar-refractivity contribution >= 4 is 27.2 Å². The minimum Gasteiger partial charge on any atom is -0.355 e. The molecule has 1 fully saturated rings. The van der Waals surface area contributed by atoms with Crippen molar-refractivity contribution in [2.24, 2.45) is 0 Å². The number of benzene rings is 1. The van der Waals surface area contributed by atoms with E-state index in [-0.39, 0.29) is 0 Å². The topological polar surface area (TPSA) is 41.1 Å². The van der Waals surface area contributed by atoms with Crippen molar-refractivity contribution in [2.45, 2.75) is 25.4 Å². The number of rotatable bonds is 4. The first-order chi connectivity index (χ1) is 11.4. The molecule has 0 unspecified atom stereocenters. The Morgan fingerprint density at radius 2 is 2.09 bits per heavy atom. The van der Waals surface area contributed by atoms with E-state index in [1.54, 1.807) is 17.5 Å². The van der Waals surface area contributed by atoms with Crippen LogP contribution in [0.5, 0.6) is 0 Å². The first-order valence-corrected chi connectivity index (χ1v) is 8.99. The molecule has 1 N–H and O–H groups in total. The summed E-state index contributed by atoms with van der Waals surface area (Å²) in [4.78, 5) is 2.32. The highest BCUT2D eigenvalue weighted by atomic mass is 32.1. The highest BCUT2D eigenvalue weighted by Crippen LogP contribution is 2.22. The summed E-state index contributed by atoms with van der Waals surface area (Å²) >= 11 is 1.80. The summed E-state index contributed by atoms with van der Waals surface area (Å²) in [7, 11) is 0. The van der Waals surface area contributed by atoms with E-state index >= 15 is 0 Å². The monoisotopic (exact) mass is 324 g/mol. The lowest BCUT2D eigenvalue weighted by Gasteiger charge is -2.33. The van der Waals surface area contributed by atoms with Crippen LogP contribution < -0.4 is 10.2 Å². The second-order valence-corrected chi connectivity index (χ2v) is 6.96. The summed E-state index contributed by atoms with van der Waals surface area (Å²) < 4.78 is 1.37.